The van der Waals surface area contributed by atoms with Gasteiger partial charge in [-0.05, 0) is 22.3 Å². The van der Waals surface area contributed by atoms with Crippen LogP contribution in [0.25, 0.3) is 11.1 Å². The summed E-state index contributed by atoms with van der Waals surface area (Å²) in [6.07, 6.45) is -1.79. The van der Waals surface area contributed by atoms with Gasteiger partial charge >= 0.3 is 12.1 Å². The first-order chi connectivity index (χ1) is 15.5. The van der Waals surface area contributed by atoms with Gasteiger partial charge in [0.2, 0.25) is 0 Å². The number of carboxylic acid groups (broad SMARTS) is 1. The number of ether oxygens (including phenoxy) is 3. The maximum absolute atomic E-state index is 12.3. The number of nitrogens with one attached hydrogen (secondary N) is 2. The first kappa shape index (κ1) is 23.2. The maximum atomic E-state index is 12.3. The van der Waals surface area contributed by atoms with Crippen LogP contribution >= 0.6 is 0 Å². The van der Waals surface area contributed by atoms with Crippen LogP contribution in [0.2, 0.25) is 0 Å². The number of fused-ring (bicyclic) bond motifs is 3. The maximum Gasteiger partial charge on any atom is 0.407 e. The van der Waals surface area contributed by atoms with Crippen LogP contribution in [0.15, 0.2) is 48.5 Å². The molecular formula is C23H26N2O7. The minimum absolute atomic E-state index is 0.0833. The minimum atomic E-state index is -1.24. The molecule has 0 radical (unpaired) electrons. The van der Waals surface area contributed by atoms with Crippen molar-refractivity contribution in [2.75, 3.05) is 34.0 Å². The van der Waals surface area contributed by atoms with E-state index < -0.39 is 30.1 Å². The van der Waals surface area contributed by atoms with Gasteiger partial charge in [-0.1, -0.05) is 48.5 Å². The van der Waals surface area contributed by atoms with Gasteiger partial charge in [-0.3, -0.25) is 4.79 Å². The van der Waals surface area contributed by atoms with E-state index in [1.165, 1.54) is 14.2 Å². The Hall–Kier alpha value is -3.43. The van der Waals surface area contributed by atoms with E-state index in [0.29, 0.717) is 0 Å². The Morgan fingerprint density at radius 1 is 1.00 bits per heavy atom. The summed E-state index contributed by atoms with van der Waals surface area (Å²) in [5.41, 5.74) is 4.43. The minimum Gasteiger partial charge on any atom is -0.480 e. The second kappa shape index (κ2) is 10.7. The summed E-state index contributed by atoms with van der Waals surface area (Å²) in [6.45, 7) is -0.242. The summed E-state index contributed by atoms with van der Waals surface area (Å²) in [6, 6.07) is 14.8. The van der Waals surface area contributed by atoms with Gasteiger partial charge in [0.05, 0.1) is 13.2 Å². The highest BCUT2D eigenvalue weighted by molar-refractivity contribution is 5.87. The fourth-order valence-corrected chi connectivity index (χ4v) is 3.71. The van der Waals surface area contributed by atoms with Crippen molar-refractivity contribution in [2.24, 2.45) is 0 Å². The molecule has 0 bridgehead atoms. The normalized spacial score (nSPS) is 14.1. The van der Waals surface area contributed by atoms with Crippen molar-refractivity contribution in [1.82, 2.24) is 10.6 Å². The third kappa shape index (κ3) is 5.24. The largest absolute Gasteiger partial charge is 0.480 e. The zero-order valence-corrected chi connectivity index (χ0v) is 17.9. The van der Waals surface area contributed by atoms with Crippen LogP contribution in [0, 0.1) is 0 Å². The molecule has 3 N–H and O–H groups in total. The number of rotatable bonds is 10. The number of alkyl carbamates (subject to hydrolysis) is 1. The third-order valence-corrected chi connectivity index (χ3v) is 5.30. The van der Waals surface area contributed by atoms with E-state index in [-0.39, 0.29) is 25.7 Å². The van der Waals surface area contributed by atoms with E-state index in [1.54, 1.807) is 0 Å². The quantitative estimate of drug-likeness (QED) is 0.512. The van der Waals surface area contributed by atoms with Gasteiger partial charge in [-0.15, -0.1) is 0 Å². The average Bonchev–Trinajstić information content (AvgIpc) is 3.11. The Morgan fingerprint density at radius 2 is 1.59 bits per heavy atom. The first-order valence-corrected chi connectivity index (χ1v) is 10.1. The summed E-state index contributed by atoms with van der Waals surface area (Å²) >= 11 is 0. The monoisotopic (exact) mass is 442 g/mol. The van der Waals surface area contributed by atoms with E-state index in [9.17, 15) is 14.4 Å². The van der Waals surface area contributed by atoms with Crippen molar-refractivity contribution in [3.63, 3.8) is 0 Å². The van der Waals surface area contributed by atoms with Crippen LogP contribution in [0.5, 0.6) is 0 Å². The van der Waals surface area contributed by atoms with Crippen LogP contribution in [-0.2, 0) is 23.8 Å². The fourth-order valence-electron chi connectivity index (χ4n) is 3.71. The van der Waals surface area contributed by atoms with Gasteiger partial charge in [0.25, 0.3) is 5.91 Å². The van der Waals surface area contributed by atoms with Crippen LogP contribution in [0.4, 0.5) is 4.79 Å². The third-order valence-electron chi connectivity index (χ3n) is 5.30. The summed E-state index contributed by atoms with van der Waals surface area (Å²) in [5.74, 6) is -2.00. The molecule has 3 rings (SSSR count). The van der Waals surface area contributed by atoms with Crippen LogP contribution in [0.3, 0.4) is 0 Å². The van der Waals surface area contributed by atoms with Crippen molar-refractivity contribution in [3.8, 4) is 11.1 Å². The molecule has 0 spiro atoms. The molecule has 9 nitrogen and oxygen atoms in total. The lowest BCUT2D eigenvalue weighted by Gasteiger charge is -2.20. The van der Waals surface area contributed by atoms with Gasteiger partial charge in [0, 0.05) is 20.1 Å². The zero-order valence-electron chi connectivity index (χ0n) is 17.9. The Kier molecular flexibility index (Phi) is 7.80. The Labute approximate surface area is 185 Å². The molecule has 0 heterocycles. The molecule has 0 aliphatic heterocycles. The zero-order chi connectivity index (χ0) is 23.1. The number of methoxy groups -OCH3 is 2. The van der Waals surface area contributed by atoms with Crippen molar-refractivity contribution in [3.05, 3.63) is 59.7 Å². The molecule has 9 heteroatoms. The number of hydrogen-bond donors (Lipinski definition) is 3. The number of hydrogen-bond acceptors (Lipinski definition) is 6. The van der Waals surface area contributed by atoms with Crippen LogP contribution < -0.4 is 10.6 Å². The molecule has 1 aliphatic carbocycles. The summed E-state index contributed by atoms with van der Waals surface area (Å²) in [5, 5.41) is 13.9. The van der Waals surface area contributed by atoms with Gasteiger partial charge in [-0.25, -0.2) is 9.59 Å². The average molecular weight is 442 g/mol. The molecular weight excluding hydrogens is 416 g/mol. The smallest absolute Gasteiger partial charge is 0.407 e. The molecule has 0 saturated heterocycles. The van der Waals surface area contributed by atoms with E-state index in [1.807, 2.05) is 48.5 Å². The number of carbonyl (C=O) groups excluding carboxylic acids is 2. The highest BCUT2D eigenvalue weighted by Gasteiger charge is 2.29. The number of carbonyl (C=O) groups is 3. The van der Waals surface area contributed by atoms with Gasteiger partial charge in [-0.2, -0.15) is 0 Å². The van der Waals surface area contributed by atoms with Crippen molar-refractivity contribution >= 4 is 18.0 Å². The van der Waals surface area contributed by atoms with Crippen molar-refractivity contribution < 1.29 is 33.7 Å². The van der Waals surface area contributed by atoms with Gasteiger partial charge in [0.15, 0.2) is 12.1 Å². The Morgan fingerprint density at radius 3 is 2.12 bits per heavy atom. The lowest BCUT2D eigenvalue weighted by atomic mass is 9.98. The Bertz CT molecular complexity index is 933. The molecule has 2 atom stereocenters. The van der Waals surface area contributed by atoms with Crippen LogP contribution in [-0.4, -0.2) is 69.2 Å². The second-order valence-corrected chi connectivity index (χ2v) is 7.29. The van der Waals surface area contributed by atoms with Crippen LogP contribution in [0.1, 0.15) is 17.0 Å². The topological polar surface area (TPSA) is 123 Å². The first-order valence-electron chi connectivity index (χ1n) is 10.1. The predicted octanol–water partition coefficient (Wildman–Crippen LogP) is 1.76. The molecule has 0 saturated carbocycles. The molecule has 2 aromatic carbocycles. The van der Waals surface area contributed by atoms with E-state index in [4.69, 9.17) is 19.3 Å². The number of benzene rings is 2. The lowest BCUT2D eigenvalue weighted by Crippen LogP contribution is -2.51. The summed E-state index contributed by atoms with van der Waals surface area (Å²) in [4.78, 5) is 35.7. The molecule has 32 heavy (non-hydrogen) atoms. The summed E-state index contributed by atoms with van der Waals surface area (Å²) < 4.78 is 15.3. The number of amides is 2. The van der Waals surface area contributed by atoms with Gasteiger partial charge < -0.3 is 30.0 Å². The van der Waals surface area contributed by atoms with Crippen molar-refractivity contribution in [1.29, 1.82) is 0 Å². The highest BCUT2D eigenvalue weighted by atomic mass is 16.5. The van der Waals surface area contributed by atoms with E-state index >= 15 is 0 Å². The van der Waals surface area contributed by atoms with Crippen molar-refractivity contribution in [2.45, 2.75) is 18.1 Å². The molecule has 2 amide bonds. The molecule has 0 aromatic heterocycles. The Balaban J connectivity index is 1.55. The molecule has 2 aromatic rings. The lowest BCUT2D eigenvalue weighted by molar-refractivity contribution is -0.145. The van der Waals surface area contributed by atoms with Gasteiger partial charge in [0.1, 0.15) is 6.61 Å². The summed E-state index contributed by atoms with van der Waals surface area (Å²) in [7, 11) is 2.62. The highest BCUT2D eigenvalue weighted by Crippen LogP contribution is 2.44. The molecule has 1 aliphatic rings. The number of aliphatic carboxylic acids is 1. The predicted molar refractivity (Wildman–Crippen MR) is 115 cm³/mol. The second-order valence-electron chi connectivity index (χ2n) is 7.29. The van der Waals surface area contributed by atoms with E-state index in [0.717, 1.165) is 22.3 Å². The SMILES string of the molecule is COC[C@H](NC(=O)C(CNC(=O)OCC1c2ccccc2-c2ccccc21)OC)C(=O)O. The standard InChI is InChI=1S/C23H26N2O7/c1-30-13-19(22(27)28)25-21(26)20(31-2)11-24-23(29)32-12-18-16-9-5-3-7-14(16)15-8-4-6-10-17(15)18/h3-10,18-20H,11-13H2,1-2H3,(H,24,29)(H,25,26)(H,27,28)/t19-,20?/m0/s1. The fraction of sp³-hybridized carbons (Fsp3) is 0.348. The molecule has 170 valence electrons. The molecule has 1 unspecified atom stereocenters. The van der Waals surface area contributed by atoms with E-state index in [2.05, 4.69) is 10.6 Å². The number of carboxylic acids is 1. The molecule has 0 fully saturated rings.